The van der Waals surface area contributed by atoms with Gasteiger partial charge >= 0.3 is 5.97 Å². The first-order chi connectivity index (χ1) is 17.5. The molecule has 2 aliphatic rings. The number of esters is 1. The highest BCUT2D eigenvalue weighted by Crippen LogP contribution is 2.30. The maximum atomic E-state index is 12.8. The monoisotopic (exact) mass is 530 g/mol. The van der Waals surface area contributed by atoms with Crippen LogP contribution in [0.4, 0.5) is 0 Å². The molecule has 11 atom stereocenters. The Hall–Kier alpha value is -1.71. The number of carbonyl (C=O) groups excluding carboxylic acids is 1. The lowest BCUT2D eigenvalue weighted by Crippen LogP contribution is -2.64. The van der Waals surface area contributed by atoms with Gasteiger partial charge in [-0.3, -0.25) is 4.79 Å². The van der Waals surface area contributed by atoms with E-state index in [1.54, 1.807) is 6.92 Å². The normalized spacial score (nSPS) is 37.4. The molecule has 2 saturated heterocycles. The summed E-state index contributed by atoms with van der Waals surface area (Å²) in [6.45, 7) is 4.41. The summed E-state index contributed by atoms with van der Waals surface area (Å²) in [6, 6.07) is 7.49. The summed E-state index contributed by atoms with van der Waals surface area (Å²) in [5.41, 5.74) is 1.82. The highest BCUT2D eigenvalue weighted by molar-refractivity contribution is 5.77. The zero-order valence-corrected chi connectivity index (χ0v) is 21.0. The van der Waals surface area contributed by atoms with Crippen LogP contribution < -0.4 is 0 Å². The highest BCUT2D eigenvalue weighted by Gasteiger charge is 2.51. The number of ether oxygens (including phenoxy) is 4. The molecular formula is C25H38O12. The van der Waals surface area contributed by atoms with Crippen LogP contribution in [-0.4, -0.2) is 116 Å². The Labute approximate surface area is 215 Å². The molecule has 0 aromatic heterocycles. The van der Waals surface area contributed by atoms with E-state index in [4.69, 9.17) is 18.9 Å². The predicted molar refractivity (Wildman–Crippen MR) is 126 cm³/mol. The van der Waals surface area contributed by atoms with Crippen molar-refractivity contribution in [3.8, 4) is 0 Å². The van der Waals surface area contributed by atoms with Crippen molar-refractivity contribution in [1.29, 1.82) is 0 Å². The minimum atomic E-state index is -1.79. The predicted octanol–water partition coefficient (Wildman–Crippen LogP) is -1.84. The Kier molecular flexibility index (Phi) is 10.4. The van der Waals surface area contributed by atoms with Crippen LogP contribution in [0.15, 0.2) is 24.3 Å². The molecule has 12 heteroatoms. The molecule has 0 saturated carbocycles. The SMILES string of the molecule is CC(C)Cc1ccc(C(C)C(=O)O[C@H]2O[C@H](CO)[C@@H](O[C@@H]3O[C@H](CO)[C@@H](O)[C@H](O)[C@H]3O)[C@H](O)[C@H]2O)cc1. The van der Waals surface area contributed by atoms with Crippen molar-refractivity contribution in [2.24, 2.45) is 5.92 Å². The zero-order valence-electron chi connectivity index (χ0n) is 21.0. The van der Waals surface area contributed by atoms with Gasteiger partial charge in [-0.05, 0) is 30.4 Å². The largest absolute Gasteiger partial charge is 0.432 e. The summed E-state index contributed by atoms with van der Waals surface area (Å²) < 4.78 is 21.6. The summed E-state index contributed by atoms with van der Waals surface area (Å²) in [6.07, 6.45) is -15.1. The number of hydrogen-bond acceptors (Lipinski definition) is 12. The molecular weight excluding hydrogens is 492 g/mol. The number of benzene rings is 1. The van der Waals surface area contributed by atoms with Crippen LogP contribution in [0, 0.1) is 5.92 Å². The summed E-state index contributed by atoms with van der Waals surface area (Å²) in [5, 5.41) is 70.5. The van der Waals surface area contributed by atoms with Crippen molar-refractivity contribution in [1.82, 2.24) is 0 Å². The van der Waals surface area contributed by atoms with Crippen LogP contribution >= 0.6 is 0 Å². The smallest absolute Gasteiger partial charge is 0.315 e. The van der Waals surface area contributed by atoms with E-state index in [0.717, 1.165) is 12.0 Å². The first-order valence-corrected chi connectivity index (χ1v) is 12.4. The fourth-order valence-electron chi connectivity index (χ4n) is 4.42. The first-order valence-electron chi connectivity index (χ1n) is 12.4. The van der Waals surface area contributed by atoms with Gasteiger partial charge in [0.25, 0.3) is 0 Å². The minimum Gasteiger partial charge on any atom is -0.432 e. The van der Waals surface area contributed by atoms with Crippen LogP contribution in [0.2, 0.25) is 0 Å². The van der Waals surface area contributed by atoms with Crippen LogP contribution in [0.5, 0.6) is 0 Å². The van der Waals surface area contributed by atoms with Crippen LogP contribution in [0.1, 0.15) is 37.8 Å². The van der Waals surface area contributed by atoms with Crippen LogP contribution in [-0.2, 0) is 30.2 Å². The first kappa shape index (κ1) is 29.8. The van der Waals surface area contributed by atoms with Gasteiger partial charge in [0.1, 0.15) is 48.8 Å². The fraction of sp³-hybridized carbons (Fsp3) is 0.720. The topological polar surface area (TPSA) is 196 Å². The van der Waals surface area contributed by atoms with Gasteiger partial charge < -0.3 is 54.7 Å². The van der Waals surface area contributed by atoms with E-state index >= 15 is 0 Å². The molecule has 12 nitrogen and oxygen atoms in total. The standard InChI is InChI=1S/C25H38O12/c1-11(2)8-13-4-6-14(7-5-13)12(3)23(33)37-25-21(32)19(30)22(16(10-27)35-25)36-24-20(31)18(29)17(28)15(9-26)34-24/h4-7,11-12,15-22,24-32H,8-10H2,1-3H3/t12?,15-,16-,17-,18+,19-,20-,21-,22-,24+,25-/m1/s1. The summed E-state index contributed by atoms with van der Waals surface area (Å²) >= 11 is 0. The molecule has 2 heterocycles. The van der Waals surface area contributed by atoms with Crippen molar-refractivity contribution in [2.45, 2.75) is 94.5 Å². The molecule has 0 aliphatic carbocycles. The van der Waals surface area contributed by atoms with Gasteiger partial charge in [-0.1, -0.05) is 38.1 Å². The van der Waals surface area contributed by atoms with Crippen molar-refractivity contribution < 1.29 is 59.5 Å². The molecule has 1 unspecified atom stereocenters. The van der Waals surface area contributed by atoms with E-state index in [-0.39, 0.29) is 0 Å². The number of carbonyl (C=O) groups is 1. The molecule has 1 aromatic rings. The molecule has 0 radical (unpaired) electrons. The van der Waals surface area contributed by atoms with E-state index in [1.807, 2.05) is 24.3 Å². The minimum absolute atomic E-state index is 0.484. The third-order valence-electron chi connectivity index (χ3n) is 6.67. The van der Waals surface area contributed by atoms with Gasteiger partial charge in [0.2, 0.25) is 6.29 Å². The summed E-state index contributed by atoms with van der Waals surface area (Å²) in [4.78, 5) is 12.8. The van der Waals surface area contributed by atoms with Gasteiger partial charge in [-0.15, -0.1) is 0 Å². The molecule has 2 aliphatic heterocycles. The molecule has 7 N–H and O–H groups in total. The van der Waals surface area contributed by atoms with Gasteiger partial charge in [0.15, 0.2) is 6.29 Å². The van der Waals surface area contributed by atoms with Crippen molar-refractivity contribution in [3.05, 3.63) is 35.4 Å². The van der Waals surface area contributed by atoms with E-state index < -0.39 is 86.5 Å². The molecule has 0 bridgehead atoms. The number of hydrogen-bond donors (Lipinski definition) is 7. The number of aliphatic hydroxyl groups excluding tert-OH is 7. The molecule has 1 aromatic carbocycles. The highest BCUT2D eigenvalue weighted by atomic mass is 16.7. The van der Waals surface area contributed by atoms with Crippen molar-refractivity contribution in [2.75, 3.05) is 13.2 Å². The average molecular weight is 531 g/mol. The third kappa shape index (κ3) is 6.84. The molecule has 2 fully saturated rings. The average Bonchev–Trinajstić information content (AvgIpc) is 2.87. The lowest BCUT2D eigenvalue weighted by Gasteiger charge is -2.45. The second-order valence-corrected chi connectivity index (χ2v) is 10.0. The summed E-state index contributed by atoms with van der Waals surface area (Å²) in [5.74, 6) is -0.952. The fourth-order valence-corrected chi connectivity index (χ4v) is 4.42. The number of rotatable bonds is 9. The Balaban J connectivity index is 1.65. The third-order valence-corrected chi connectivity index (χ3v) is 6.67. The maximum Gasteiger partial charge on any atom is 0.315 e. The second-order valence-electron chi connectivity index (χ2n) is 10.0. The van der Waals surface area contributed by atoms with Gasteiger partial charge in [-0.25, -0.2) is 0 Å². The van der Waals surface area contributed by atoms with Gasteiger partial charge in [0.05, 0.1) is 19.1 Å². The van der Waals surface area contributed by atoms with E-state index in [2.05, 4.69) is 13.8 Å². The lowest BCUT2D eigenvalue weighted by atomic mass is 9.96. The quantitative estimate of drug-likeness (QED) is 0.176. The number of aliphatic hydroxyl groups is 7. The Morgan fingerprint density at radius 2 is 1.38 bits per heavy atom. The van der Waals surface area contributed by atoms with Crippen molar-refractivity contribution >= 4 is 5.97 Å². The van der Waals surface area contributed by atoms with Gasteiger partial charge in [-0.2, -0.15) is 0 Å². The Morgan fingerprint density at radius 3 is 1.95 bits per heavy atom. The lowest BCUT2D eigenvalue weighted by molar-refractivity contribution is -0.355. The van der Waals surface area contributed by atoms with Crippen LogP contribution in [0.3, 0.4) is 0 Å². The molecule has 0 amide bonds. The summed E-state index contributed by atoms with van der Waals surface area (Å²) in [7, 11) is 0. The Bertz CT molecular complexity index is 860. The zero-order chi connectivity index (χ0) is 27.4. The second kappa shape index (κ2) is 12.9. The van der Waals surface area contributed by atoms with Crippen molar-refractivity contribution in [3.63, 3.8) is 0 Å². The van der Waals surface area contributed by atoms with E-state index in [1.165, 1.54) is 0 Å². The maximum absolute atomic E-state index is 12.8. The molecule has 3 rings (SSSR count). The molecule has 0 spiro atoms. The Morgan fingerprint density at radius 1 is 0.811 bits per heavy atom. The molecule has 37 heavy (non-hydrogen) atoms. The molecule has 210 valence electrons. The van der Waals surface area contributed by atoms with Gasteiger partial charge in [0, 0.05) is 0 Å². The van der Waals surface area contributed by atoms with E-state index in [9.17, 15) is 40.5 Å². The van der Waals surface area contributed by atoms with Crippen LogP contribution in [0.25, 0.3) is 0 Å². The van der Waals surface area contributed by atoms with E-state index in [0.29, 0.717) is 11.5 Å².